The fourth-order valence-electron chi connectivity index (χ4n) is 2.11. The molecular formula is C12H14O3. The number of carbonyl (C=O) groups is 1. The van der Waals surface area contributed by atoms with E-state index in [9.17, 15) is 15.0 Å². The predicted octanol–water partition coefficient (Wildman–Crippen LogP) is 2.21. The molecule has 1 saturated carbocycles. The molecule has 1 aromatic rings. The minimum absolute atomic E-state index is 0.221. The number of carboxylic acid groups (broad SMARTS) is 1. The van der Waals surface area contributed by atoms with Crippen LogP contribution in [-0.4, -0.2) is 16.2 Å². The molecule has 2 rings (SSSR count). The van der Waals surface area contributed by atoms with Crippen molar-refractivity contribution in [3.05, 3.63) is 29.3 Å². The van der Waals surface area contributed by atoms with Gasteiger partial charge in [-0.05, 0) is 37.0 Å². The van der Waals surface area contributed by atoms with Gasteiger partial charge in [0.25, 0.3) is 0 Å². The lowest BCUT2D eigenvalue weighted by Gasteiger charge is -2.38. The number of phenols is 1. The summed E-state index contributed by atoms with van der Waals surface area (Å²) in [7, 11) is 0. The number of carboxylic acids is 1. The van der Waals surface area contributed by atoms with Crippen LogP contribution in [0.1, 0.15) is 30.4 Å². The number of hydrogen-bond acceptors (Lipinski definition) is 2. The van der Waals surface area contributed by atoms with Crippen LogP contribution in [0.4, 0.5) is 0 Å². The Hall–Kier alpha value is -1.51. The van der Waals surface area contributed by atoms with Gasteiger partial charge in [0, 0.05) is 0 Å². The molecule has 1 aromatic carbocycles. The molecule has 80 valence electrons. The Morgan fingerprint density at radius 2 is 2.07 bits per heavy atom. The van der Waals surface area contributed by atoms with Gasteiger partial charge >= 0.3 is 5.97 Å². The quantitative estimate of drug-likeness (QED) is 0.780. The van der Waals surface area contributed by atoms with Crippen molar-refractivity contribution in [2.75, 3.05) is 0 Å². The van der Waals surface area contributed by atoms with Crippen LogP contribution in [0.25, 0.3) is 0 Å². The largest absolute Gasteiger partial charge is 0.508 e. The molecule has 3 heteroatoms. The highest BCUT2D eigenvalue weighted by molar-refractivity contribution is 5.82. The third-order valence-electron chi connectivity index (χ3n) is 3.37. The average Bonchev–Trinajstić information content (AvgIpc) is 2.08. The molecule has 0 spiro atoms. The van der Waals surface area contributed by atoms with Crippen LogP contribution in [0.15, 0.2) is 18.2 Å². The molecule has 0 unspecified atom stereocenters. The zero-order chi connectivity index (χ0) is 11.1. The van der Waals surface area contributed by atoms with Crippen molar-refractivity contribution in [3.8, 4) is 5.75 Å². The molecule has 0 aromatic heterocycles. The first-order valence-electron chi connectivity index (χ1n) is 5.10. The lowest BCUT2D eigenvalue weighted by Crippen LogP contribution is -2.42. The van der Waals surface area contributed by atoms with Crippen LogP contribution in [0.3, 0.4) is 0 Å². The van der Waals surface area contributed by atoms with Crippen molar-refractivity contribution in [1.82, 2.24) is 0 Å². The van der Waals surface area contributed by atoms with E-state index in [1.807, 2.05) is 0 Å². The maximum Gasteiger partial charge on any atom is 0.314 e. The van der Waals surface area contributed by atoms with Gasteiger partial charge in [-0.15, -0.1) is 0 Å². The molecule has 0 radical (unpaired) electrons. The SMILES string of the molecule is Cc1cc(C2(C(=O)O)CCC2)ccc1O. The van der Waals surface area contributed by atoms with Gasteiger partial charge in [-0.1, -0.05) is 18.6 Å². The van der Waals surface area contributed by atoms with Crippen LogP contribution in [0.2, 0.25) is 0 Å². The lowest BCUT2D eigenvalue weighted by atomic mass is 9.64. The van der Waals surface area contributed by atoms with E-state index in [4.69, 9.17) is 0 Å². The van der Waals surface area contributed by atoms with E-state index in [1.54, 1.807) is 25.1 Å². The number of benzene rings is 1. The molecule has 0 atom stereocenters. The third-order valence-corrected chi connectivity index (χ3v) is 3.37. The van der Waals surface area contributed by atoms with Crippen molar-refractivity contribution in [1.29, 1.82) is 0 Å². The van der Waals surface area contributed by atoms with Crippen LogP contribution in [-0.2, 0) is 10.2 Å². The minimum Gasteiger partial charge on any atom is -0.508 e. The Balaban J connectivity index is 2.44. The fourth-order valence-corrected chi connectivity index (χ4v) is 2.11. The summed E-state index contributed by atoms with van der Waals surface area (Å²) in [6, 6.07) is 5.08. The van der Waals surface area contributed by atoms with Gasteiger partial charge in [-0.2, -0.15) is 0 Å². The molecule has 0 amide bonds. The number of aromatic hydroxyl groups is 1. The summed E-state index contributed by atoms with van der Waals surface area (Å²) in [6.45, 7) is 1.78. The van der Waals surface area contributed by atoms with Gasteiger partial charge in [-0.3, -0.25) is 4.79 Å². The van der Waals surface area contributed by atoms with E-state index in [0.29, 0.717) is 12.8 Å². The van der Waals surface area contributed by atoms with E-state index in [-0.39, 0.29) is 5.75 Å². The molecular weight excluding hydrogens is 192 g/mol. The maximum atomic E-state index is 11.2. The summed E-state index contributed by atoms with van der Waals surface area (Å²) >= 11 is 0. The molecule has 1 fully saturated rings. The van der Waals surface area contributed by atoms with E-state index < -0.39 is 11.4 Å². The molecule has 15 heavy (non-hydrogen) atoms. The standard InChI is InChI=1S/C12H14O3/c1-8-7-9(3-4-10(8)13)12(11(14)15)5-2-6-12/h3-4,7,13H,2,5-6H2,1H3,(H,14,15). The normalized spacial score (nSPS) is 18.2. The first-order chi connectivity index (χ1) is 7.06. The highest BCUT2D eigenvalue weighted by Gasteiger charge is 2.45. The smallest absolute Gasteiger partial charge is 0.314 e. The highest BCUT2D eigenvalue weighted by atomic mass is 16.4. The molecule has 0 aliphatic heterocycles. The number of aryl methyl sites for hydroxylation is 1. The average molecular weight is 206 g/mol. The Morgan fingerprint density at radius 3 is 2.47 bits per heavy atom. The second-order valence-corrected chi connectivity index (χ2v) is 4.24. The van der Waals surface area contributed by atoms with Gasteiger partial charge in [0.05, 0.1) is 5.41 Å². The second-order valence-electron chi connectivity index (χ2n) is 4.24. The zero-order valence-corrected chi connectivity index (χ0v) is 8.66. The number of phenolic OH excluding ortho intramolecular Hbond substituents is 1. The van der Waals surface area contributed by atoms with Gasteiger partial charge in [0.15, 0.2) is 0 Å². The van der Waals surface area contributed by atoms with E-state index in [1.165, 1.54) is 0 Å². The molecule has 0 heterocycles. The van der Waals surface area contributed by atoms with Crippen molar-refractivity contribution in [2.24, 2.45) is 0 Å². The summed E-state index contributed by atoms with van der Waals surface area (Å²) < 4.78 is 0. The van der Waals surface area contributed by atoms with Crippen LogP contribution in [0, 0.1) is 6.92 Å². The highest BCUT2D eigenvalue weighted by Crippen LogP contribution is 2.44. The maximum absolute atomic E-state index is 11.2. The summed E-state index contributed by atoms with van der Waals surface area (Å²) in [5.74, 6) is -0.530. The first kappa shape index (κ1) is 10.0. The van der Waals surface area contributed by atoms with Crippen molar-refractivity contribution in [3.63, 3.8) is 0 Å². The summed E-state index contributed by atoms with van der Waals surface area (Å²) in [5, 5.41) is 18.6. The van der Waals surface area contributed by atoms with Gasteiger partial charge in [0.2, 0.25) is 0 Å². The molecule has 1 aliphatic rings. The summed E-state index contributed by atoms with van der Waals surface area (Å²) in [6.07, 6.45) is 2.37. The topological polar surface area (TPSA) is 57.5 Å². The lowest BCUT2D eigenvalue weighted by molar-refractivity contribution is -0.147. The van der Waals surface area contributed by atoms with E-state index >= 15 is 0 Å². The van der Waals surface area contributed by atoms with Crippen molar-refractivity contribution < 1.29 is 15.0 Å². The molecule has 0 bridgehead atoms. The molecule has 1 aliphatic carbocycles. The molecule has 0 saturated heterocycles. The van der Waals surface area contributed by atoms with E-state index in [2.05, 4.69) is 0 Å². The Kier molecular flexibility index (Phi) is 2.18. The monoisotopic (exact) mass is 206 g/mol. The summed E-state index contributed by atoms with van der Waals surface area (Å²) in [5.41, 5.74) is 0.856. The van der Waals surface area contributed by atoms with Gasteiger partial charge in [0.1, 0.15) is 5.75 Å². The second kappa shape index (κ2) is 3.26. The van der Waals surface area contributed by atoms with Crippen LogP contribution in [0.5, 0.6) is 5.75 Å². The Bertz CT molecular complexity index is 405. The third kappa shape index (κ3) is 1.39. The summed E-state index contributed by atoms with van der Waals surface area (Å²) in [4.78, 5) is 11.2. The van der Waals surface area contributed by atoms with Crippen molar-refractivity contribution >= 4 is 5.97 Å². The molecule has 2 N–H and O–H groups in total. The van der Waals surface area contributed by atoms with Crippen LogP contribution < -0.4 is 0 Å². The zero-order valence-electron chi connectivity index (χ0n) is 8.66. The number of hydrogen-bond donors (Lipinski definition) is 2. The Morgan fingerprint density at radius 1 is 1.40 bits per heavy atom. The first-order valence-corrected chi connectivity index (χ1v) is 5.10. The fraction of sp³-hybridized carbons (Fsp3) is 0.417. The molecule has 3 nitrogen and oxygen atoms in total. The number of aliphatic carboxylic acids is 1. The van der Waals surface area contributed by atoms with Crippen LogP contribution >= 0.6 is 0 Å². The predicted molar refractivity (Wildman–Crippen MR) is 56.0 cm³/mol. The van der Waals surface area contributed by atoms with E-state index in [0.717, 1.165) is 17.5 Å². The van der Waals surface area contributed by atoms with Crippen molar-refractivity contribution in [2.45, 2.75) is 31.6 Å². The minimum atomic E-state index is -0.751. The Labute approximate surface area is 88.4 Å². The number of rotatable bonds is 2. The van der Waals surface area contributed by atoms with Gasteiger partial charge in [-0.25, -0.2) is 0 Å². The van der Waals surface area contributed by atoms with Gasteiger partial charge < -0.3 is 10.2 Å².